The molecular weight excluding hydrogens is 410 g/mol. The van der Waals surface area contributed by atoms with Gasteiger partial charge >= 0.3 is 0 Å². The topological polar surface area (TPSA) is 41.9 Å². The Labute approximate surface area is 189 Å². The molecule has 0 saturated carbocycles. The first-order valence-electron chi connectivity index (χ1n) is 10.6. The molecule has 4 rings (SSSR count). The van der Waals surface area contributed by atoms with E-state index in [0.29, 0.717) is 24.8 Å². The van der Waals surface area contributed by atoms with Crippen LogP contribution in [0.15, 0.2) is 78.9 Å². The fourth-order valence-electron chi connectivity index (χ4n) is 4.32. The molecule has 5 heteroatoms. The van der Waals surface area contributed by atoms with E-state index >= 15 is 0 Å². The van der Waals surface area contributed by atoms with Crippen LogP contribution in [-0.2, 0) is 10.3 Å². The molecule has 1 aliphatic heterocycles. The van der Waals surface area contributed by atoms with Gasteiger partial charge in [0, 0.05) is 30.6 Å². The van der Waals surface area contributed by atoms with Gasteiger partial charge in [0.2, 0.25) is 0 Å². The smallest absolute Gasteiger partial charge is 0.123 e. The van der Waals surface area contributed by atoms with Crippen molar-refractivity contribution < 1.29 is 14.6 Å². The van der Waals surface area contributed by atoms with Crippen molar-refractivity contribution in [3.05, 3.63) is 101 Å². The number of nitrogens with zero attached hydrogens (tertiary/aromatic N) is 1. The molecule has 3 aromatic carbocycles. The first-order chi connectivity index (χ1) is 15.1. The van der Waals surface area contributed by atoms with Gasteiger partial charge in [0.15, 0.2) is 0 Å². The van der Waals surface area contributed by atoms with Gasteiger partial charge in [-0.15, -0.1) is 0 Å². The molecule has 0 bridgehead atoms. The van der Waals surface area contributed by atoms with E-state index in [1.165, 1.54) is 0 Å². The quantitative estimate of drug-likeness (QED) is 0.581. The molecule has 4 nitrogen and oxygen atoms in total. The Kier molecular flexibility index (Phi) is 6.93. The summed E-state index contributed by atoms with van der Waals surface area (Å²) in [6.45, 7) is 3.80. The summed E-state index contributed by atoms with van der Waals surface area (Å²) in [5, 5.41) is 13.2. The van der Waals surface area contributed by atoms with E-state index in [0.717, 1.165) is 35.5 Å². The number of hydrogen-bond acceptors (Lipinski definition) is 4. The third-order valence-electron chi connectivity index (χ3n) is 6.07. The maximum Gasteiger partial charge on any atom is 0.123 e. The summed E-state index contributed by atoms with van der Waals surface area (Å²) < 4.78 is 10.9. The lowest BCUT2D eigenvalue weighted by atomic mass is 9.72. The van der Waals surface area contributed by atoms with Crippen LogP contribution in [0.25, 0.3) is 0 Å². The number of morpholine rings is 1. The summed E-state index contributed by atoms with van der Waals surface area (Å²) in [4.78, 5) is 2.36. The van der Waals surface area contributed by atoms with Crippen LogP contribution >= 0.6 is 11.6 Å². The van der Waals surface area contributed by atoms with E-state index in [1.54, 1.807) is 7.11 Å². The minimum Gasteiger partial charge on any atom is -0.497 e. The van der Waals surface area contributed by atoms with Crippen LogP contribution in [0.5, 0.6) is 5.75 Å². The third kappa shape index (κ3) is 4.78. The van der Waals surface area contributed by atoms with E-state index in [1.807, 2.05) is 78.9 Å². The van der Waals surface area contributed by atoms with Crippen molar-refractivity contribution in [2.75, 3.05) is 40.0 Å². The Hall–Kier alpha value is -2.37. The number of ether oxygens (including phenoxy) is 2. The van der Waals surface area contributed by atoms with E-state index in [9.17, 15) is 5.11 Å². The van der Waals surface area contributed by atoms with Gasteiger partial charge in [-0.05, 0) is 41.0 Å². The van der Waals surface area contributed by atoms with Crippen LogP contribution in [-0.4, -0.2) is 50.0 Å². The third-order valence-corrected chi connectivity index (χ3v) is 6.32. The molecule has 1 fully saturated rings. The zero-order valence-electron chi connectivity index (χ0n) is 17.7. The molecule has 0 aromatic heterocycles. The predicted molar refractivity (Wildman–Crippen MR) is 124 cm³/mol. The van der Waals surface area contributed by atoms with E-state index in [-0.39, 0.29) is 5.92 Å². The summed E-state index contributed by atoms with van der Waals surface area (Å²) in [7, 11) is 1.65. The average Bonchev–Trinajstić information content (AvgIpc) is 2.84. The molecule has 1 saturated heterocycles. The van der Waals surface area contributed by atoms with E-state index in [2.05, 4.69) is 4.90 Å². The highest BCUT2D eigenvalue weighted by molar-refractivity contribution is 6.30. The highest BCUT2D eigenvalue weighted by atomic mass is 35.5. The van der Waals surface area contributed by atoms with Gasteiger partial charge in [-0.25, -0.2) is 0 Å². The van der Waals surface area contributed by atoms with Crippen molar-refractivity contribution in [2.24, 2.45) is 0 Å². The fraction of sp³-hybridized carbons (Fsp3) is 0.308. The van der Waals surface area contributed by atoms with Crippen molar-refractivity contribution in [3.63, 3.8) is 0 Å². The number of benzene rings is 3. The summed E-state index contributed by atoms with van der Waals surface area (Å²) in [6, 6.07) is 25.4. The fourth-order valence-corrected chi connectivity index (χ4v) is 4.45. The number of halogens is 1. The molecule has 0 aliphatic carbocycles. The lowest BCUT2D eigenvalue weighted by Crippen LogP contribution is -2.45. The molecule has 3 aromatic rings. The molecule has 0 radical (unpaired) electrons. The summed E-state index contributed by atoms with van der Waals surface area (Å²) >= 11 is 6.19. The molecule has 1 aliphatic rings. The number of aliphatic hydroxyl groups is 1. The maximum absolute atomic E-state index is 12.5. The normalized spacial score (nSPS) is 17.6. The second kappa shape index (κ2) is 9.84. The van der Waals surface area contributed by atoms with Gasteiger partial charge in [0.25, 0.3) is 0 Å². The van der Waals surface area contributed by atoms with Crippen LogP contribution in [0, 0.1) is 0 Å². The first kappa shape index (κ1) is 21.8. The lowest BCUT2D eigenvalue weighted by Gasteiger charge is -2.41. The van der Waals surface area contributed by atoms with E-state index < -0.39 is 5.60 Å². The number of rotatable bonds is 7. The van der Waals surface area contributed by atoms with Crippen LogP contribution in [0.4, 0.5) is 0 Å². The monoisotopic (exact) mass is 437 g/mol. The van der Waals surface area contributed by atoms with Crippen molar-refractivity contribution in [1.29, 1.82) is 0 Å². The summed E-state index contributed by atoms with van der Waals surface area (Å²) in [6.07, 6.45) is 0. The molecule has 2 atom stereocenters. The largest absolute Gasteiger partial charge is 0.497 e. The maximum atomic E-state index is 12.5. The second-order valence-corrected chi connectivity index (χ2v) is 8.31. The number of methoxy groups -OCH3 is 1. The van der Waals surface area contributed by atoms with Crippen molar-refractivity contribution >= 4 is 11.6 Å². The molecule has 1 heterocycles. The van der Waals surface area contributed by atoms with Crippen molar-refractivity contribution in [3.8, 4) is 5.75 Å². The van der Waals surface area contributed by atoms with Crippen molar-refractivity contribution in [1.82, 2.24) is 4.90 Å². The van der Waals surface area contributed by atoms with Gasteiger partial charge in [-0.3, -0.25) is 4.90 Å². The van der Waals surface area contributed by atoms with Crippen molar-refractivity contribution in [2.45, 2.75) is 11.5 Å². The molecule has 162 valence electrons. The Morgan fingerprint density at radius 1 is 0.935 bits per heavy atom. The zero-order chi connectivity index (χ0) is 21.7. The lowest BCUT2D eigenvalue weighted by molar-refractivity contribution is 0.000753. The van der Waals surface area contributed by atoms with Crippen LogP contribution in [0.1, 0.15) is 22.6 Å². The minimum absolute atomic E-state index is 0.210. The minimum atomic E-state index is -1.24. The molecular formula is C26H28ClNO3. The summed E-state index contributed by atoms with van der Waals surface area (Å²) in [5.74, 6) is 0.550. The Morgan fingerprint density at radius 2 is 1.55 bits per heavy atom. The summed E-state index contributed by atoms with van der Waals surface area (Å²) in [5.41, 5.74) is 1.48. The average molecular weight is 438 g/mol. The molecule has 31 heavy (non-hydrogen) atoms. The van der Waals surface area contributed by atoms with Crippen LogP contribution in [0.3, 0.4) is 0 Å². The van der Waals surface area contributed by atoms with E-state index in [4.69, 9.17) is 21.1 Å². The second-order valence-electron chi connectivity index (χ2n) is 7.88. The van der Waals surface area contributed by atoms with Gasteiger partial charge < -0.3 is 14.6 Å². The SMILES string of the molecule is COc1ccc([C@@](O)(c2ccccc2)[C@@H](CN2CCOCC2)c2ccc(Cl)cc2)cc1. The first-order valence-corrected chi connectivity index (χ1v) is 11.0. The zero-order valence-corrected chi connectivity index (χ0v) is 18.5. The predicted octanol–water partition coefficient (Wildman–Crippen LogP) is 4.70. The van der Waals surface area contributed by atoms with Gasteiger partial charge in [0.05, 0.1) is 20.3 Å². The highest BCUT2D eigenvalue weighted by Crippen LogP contribution is 2.43. The Bertz CT molecular complexity index is 956. The van der Waals surface area contributed by atoms with Crippen LogP contribution in [0.2, 0.25) is 5.02 Å². The van der Waals surface area contributed by atoms with Crippen LogP contribution < -0.4 is 4.74 Å². The standard InChI is InChI=1S/C26H28ClNO3/c1-30-24-13-9-22(10-14-24)26(29,21-5-3-2-4-6-21)25(19-28-15-17-31-18-16-28)20-7-11-23(27)12-8-20/h2-14,25,29H,15-19H2,1H3/t25-,26-/m0/s1. The Morgan fingerprint density at radius 3 is 2.16 bits per heavy atom. The molecule has 0 spiro atoms. The molecule has 1 N–H and O–H groups in total. The highest BCUT2D eigenvalue weighted by Gasteiger charge is 2.42. The number of hydrogen-bond donors (Lipinski definition) is 1. The van der Waals surface area contributed by atoms with Gasteiger partial charge in [-0.1, -0.05) is 66.2 Å². The molecule has 0 amide bonds. The molecule has 0 unspecified atom stereocenters. The van der Waals surface area contributed by atoms with Gasteiger partial charge in [-0.2, -0.15) is 0 Å². The van der Waals surface area contributed by atoms with Gasteiger partial charge in [0.1, 0.15) is 11.4 Å². The Balaban J connectivity index is 1.84.